The molecule has 0 saturated heterocycles. The SMILES string of the molecule is CCCC(N)C1C2C3CCC(C3)C12. The van der Waals surface area contributed by atoms with E-state index in [-0.39, 0.29) is 0 Å². The zero-order valence-corrected chi connectivity index (χ0v) is 8.58. The van der Waals surface area contributed by atoms with E-state index < -0.39 is 0 Å². The Balaban J connectivity index is 1.66. The Morgan fingerprint density at radius 2 is 1.85 bits per heavy atom. The fourth-order valence-corrected chi connectivity index (χ4v) is 4.49. The average Bonchev–Trinajstić information content (AvgIpc) is 2.57. The summed E-state index contributed by atoms with van der Waals surface area (Å²) >= 11 is 0. The third-order valence-electron chi connectivity index (χ3n) is 4.91. The summed E-state index contributed by atoms with van der Waals surface area (Å²) in [5.74, 6) is 5.32. The first kappa shape index (κ1) is 8.28. The average molecular weight is 179 g/mol. The van der Waals surface area contributed by atoms with Crippen molar-refractivity contribution in [3.8, 4) is 0 Å². The van der Waals surface area contributed by atoms with Gasteiger partial charge >= 0.3 is 0 Å². The maximum absolute atomic E-state index is 6.23. The van der Waals surface area contributed by atoms with E-state index >= 15 is 0 Å². The standard InChI is InChI=1S/C12H21N/c1-2-3-9(13)12-10-7-4-5-8(6-7)11(10)12/h7-12H,2-6,13H2,1H3. The highest BCUT2D eigenvalue weighted by Crippen LogP contribution is 2.70. The second kappa shape index (κ2) is 2.73. The minimum absolute atomic E-state index is 0.545. The zero-order valence-electron chi connectivity index (χ0n) is 8.58. The smallest absolute Gasteiger partial charge is 0.00727 e. The number of hydrogen-bond donors (Lipinski definition) is 1. The minimum Gasteiger partial charge on any atom is -0.327 e. The van der Waals surface area contributed by atoms with Crippen LogP contribution >= 0.6 is 0 Å². The van der Waals surface area contributed by atoms with Gasteiger partial charge in [0.25, 0.3) is 0 Å². The predicted octanol–water partition coefficient (Wildman–Crippen LogP) is 2.41. The largest absolute Gasteiger partial charge is 0.327 e. The van der Waals surface area contributed by atoms with Gasteiger partial charge in [0, 0.05) is 6.04 Å². The predicted molar refractivity (Wildman–Crippen MR) is 54.2 cm³/mol. The van der Waals surface area contributed by atoms with Gasteiger partial charge in [-0.2, -0.15) is 0 Å². The molecule has 5 atom stereocenters. The fraction of sp³-hybridized carbons (Fsp3) is 1.00. The van der Waals surface area contributed by atoms with Crippen molar-refractivity contribution >= 4 is 0 Å². The van der Waals surface area contributed by atoms with Crippen LogP contribution in [0.1, 0.15) is 39.0 Å². The van der Waals surface area contributed by atoms with Crippen molar-refractivity contribution in [2.75, 3.05) is 0 Å². The minimum atomic E-state index is 0.545. The van der Waals surface area contributed by atoms with Crippen LogP contribution in [0, 0.1) is 29.6 Å². The van der Waals surface area contributed by atoms with Crippen molar-refractivity contribution in [1.82, 2.24) is 0 Å². The summed E-state index contributed by atoms with van der Waals surface area (Å²) in [5.41, 5.74) is 6.23. The molecule has 0 amide bonds. The summed E-state index contributed by atoms with van der Waals surface area (Å²) in [4.78, 5) is 0. The van der Waals surface area contributed by atoms with E-state index in [1.807, 2.05) is 0 Å². The number of fused-ring (bicyclic) bond motifs is 5. The van der Waals surface area contributed by atoms with E-state index in [4.69, 9.17) is 5.73 Å². The molecule has 3 saturated carbocycles. The summed E-state index contributed by atoms with van der Waals surface area (Å²) in [6.45, 7) is 2.26. The molecule has 3 rings (SSSR count). The second-order valence-corrected chi connectivity index (χ2v) is 5.52. The van der Waals surface area contributed by atoms with Crippen LogP contribution < -0.4 is 5.73 Å². The molecular weight excluding hydrogens is 158 g/mol. The van der Waals surface area contributed by atoms with Crippen LogP contribution in [0.4, 0.5) is 0 Å². The molecule has 3 aliphatic rings. The van der Waals surface area contributed by atoms with E-state index in [2.05, 4.69) is 6.92 Å². The van der Waals surface area contributed by atoms with Crippen molar-refractivity contribution in [2.24, 2.45) is 35.3 Å². The molecule has 0 aromatic rings. The Labute approximate surface area is 81.1 Å². The maximum atomic E-state index is 6.23. The lowest BCUT2D eigenvalue weighted by Crippen LogP contribution is -2.25. The monoisotopic (exact) mass is 179 g/mol. The highest BCUT2D eigenvalue weighted by Gasteiger charge is 2.65. The first-order valence-corrected chi connectivity index (χ1v) is 6.08. The summed E-state index contributed by atoms with van der Waals surface area (Å²) < 4.78 is 0. The van der Waals surface area contributed by atoms with Gasteiger partial charge in [-0.05, 0) is 55.3 Å². The Morgan fingerprint density at radius 1 is 1.23 bits per heavy atom. The molecule has 0 radical (unpaired) electrons. The molecule has 5 unspecified atom stereocenters. The van der Waals surface area contributed by atoms with Crippen molar-refractivity contribution in [3.63, 3.8) is 0 Å². The van der Waals surface area contributed by atoms with Crippen LogP contribution in [0.2, 0.25) is 0 Å². The molecule has 13 heavy (non-hydrogen) atoms. The highest BCUT2D eigenvalue weighted by molar-refractivity contribution is 5.15. The van der Waals surface area contributed by atoms with E-state index in [0.717, 1.165) is 29.6 Å². The molecule has 0 aromatic heterocycles. The van der Waals surface area contributed by atoms with Crippen molar-refractivity contribution in [1.29, 1.82) is 0 Å². The lowest BCUT2D eigenvalue weighted by molar-refractivity contribution is 0.396. The van der Waals surface area contributed by atoms with E-state index in [0.29, 0.717) is 6.04 Å². The van der Waals surface area contributed by atoms with Crippen LogP contribution in [0.15, 0.2) is 0 Å². The van der Waals surface area contributed by atoms with Crippen LogP contribution in [0.5, 0.6) is 0 Å². The molecule has 3 aliphatic carbocycles. The summed E-state index contributed by atoms with van der Waals surface area (Å²) in [6, 6.07) is 0.545. The van der Waals surface area contributed by atoms with E-state index in [1.165, 1.54) is 25.7 Å². The molecule has 2 N–H and O–H groups in total. The molecule has 0 aliphatic heterocycles. The Kier molecular flexibility index (Phi) is 1.74. The highest BCUT2D eigenvalue weighted by atomic mass is 14.8. The molecule has 1 heteroatoms. The lowest BCUT2D eigenvalue weighted by atomic mass is 9.96. The quantitative estimate of drug-likeness (QED) is 0.707. The lowest BCUT2D eigenvalue weighted by Gasteiger charge is -2.14. The number of rotatable bonds is 3. The molecule has 3 fully saturated rings. The van der Waals surface area contributed by atoms with Gasteiger partial charge in [-0.25, -0.2) is 0 Å². The van der Waals surface area contributed by atoms with Crippen molar-refractivity contribution < 1.29 is 0 Å². The summed E-state index contributed by atoms with van der Waals surface area (Å²) in [7, 11) is 0. The van der Waals surface area contributed by atoms with Gasteiger partial charge in [-0.1, -0.05) is 13.3 Å². The first-order valence-electron chi connectivity index (χ1n) is 6.08. The topological polar surface area (TPSA) is 26.0 Å². The van der Waals surface area contributed by atoms with Gasteiger partial charge in [0.15, 0.2) is 0 Å². The van der Waals surface area contributed by atoms with Gasteiger partial charge < -0.3 is 5.73 Å². The first-order chi connectivity index (χ1) is 6.33. The van der Waals surface area contributed by atoms with Crippen LogP contribution in [0.25, 0.3) is 0 Å². The second-order valence-electron chi connectivity index (χ2n) is 5.52. The number of hydrogen-bond acceptors (Lipinski definition) is 1. The molecular formula is C12H21N. The Bertz CT molecular complexity index is 197. The number of nitrogens with two attached hydrogens (primary N) is 1. The van der Waals surface area contributed by atoms with Crippen LogP contribution in [-0.2, 0) is 0 Å². The third-order valence-corrected chi connectivity index (χ3v) is 4.91. The van der Waals surface area contributed by atoms with Gasteiger partial charge in [-0.15, -0.1) is 0 Å². The molecule has 1 nitrogen and oxygen atoms in total. The third kappa shape index (κ3) is 1.03. The molecule has 74 valence electrons. The van der Waals surface area contributed by atoms with Crippen LogP contribution in [0.3, 0.4) is 0 Å². The van der Waals surface area contributed by atoms with Gasteiger partial charge in [0.2, 0.25) is 0 Å². The van der Waals surface area contributed by atoms with Crippen molar-refractivity contribution in [2.45, 2.75) is 45.1 Å². The molecule has 0 aromatic carbocycles. The van der Waals surface area contributed by atoms with Gasteiger partial charge in [0.05, 0.1) is 0 Å². The molecule has 0 heterocycles. The summed E-state index contributed by atoms with van der Waals surface area (Å²) in [5, 5.41) is 0. The fourth-order valence-electron chi connectivity index (χ4n) is 4.49. The molecule has 2 bridgehead atoms. The normalized spacial score (nSPS) is 53.5. The van der Waals surface area contributed by atoms with E-state index in [1.54, 1.807) is 6.42 Å². The van der Waals surface area contributed by atoms with E-state index in [9.17, 15) is 0 Å². The Morgan fingerprint density at radius 3 is 2.38 bits per heavy atom. The van der Waals surface area contributed by atoms with Crippen molar-refractivity contribution in [3.05, 3.63) is 0 Å². The maximum Gasteiger partial charge on any atom is 0.00727 e. The van der Waals surface area contributed by atoms with Gasteiger partial charge in [0.1, 0.15) is 0 Å². The van der Waals surface area contributed by atoms with Crippen LogP contribution in [-0.4, -0.2) is 6.04 Å². The van der Waals surface area contributed by atoms with Gasteiger partial charge in [-0.3, -0.25) is 0 Å². The molecule has 0 spiro atoms. The Hall–Kier alpha value is -0.0400. The summed E-state index contributed by atoms with van der Waals surface area (Å²) in [6.07, 6.45) is 7.15. The zero-order chi connectivity index (χ0) is 9.00.